The molecule has 0 bridgehead atoms. The van der Waals surface area contributed by atoms with E-state index in [1.807, 2.05) is 6.92 Å². The summed E-state index contributed by atoms with van der Waals surface area (Å²) in [6, 6.07) is 11.9. The van der Waals surface area contributed by atoms with Gasteiger partial charge in [0.25, 0.3) is 21.6 Å². The van der Waals surface area contributed by atoms with E-state index in [0.29, 0.717) is 5.56 Å². The number of sulfonamides is 1. The molecule has 0 spiro atoms. The summed E-state index contributed by atoms with van der Waals surface area (Å²) in [4.78, 5) is 22.6. The van der Waals surface area contributed by atoms with Crippen LogP contribution in [0.3, 0.4) is 0 Å². The number of thioether (sulfide) groups is 1. The van der Waals surface area contributed by atoms with Crippen molar-refractivity contribution in [3.63, 3.8) is 0 Å². The number of nitro groups is 1. The van der Waals surface area contributed by atoms with Gasteiger partial charge in [-0.25, -0.2) is 0 Å². The van der Waals surface area contributed by atoms with E-state index in [1.165, 1.54) is 36.4 Å². The van der Waals surface area contributed by atoms with Crippen LogP contribution in [0.25, 0.3) is 6.08 Å². The Morgan fingerprint density at radius 3 is 2.56 bits per heavy atom. The lowest BCUT2D eigenvalue weighted by molar-refractivity contribution is -0.384. The number of nitrogens with one attached hydrogen (secondary N) is 1. The molecule has 1 amide bonds. The maximum atomic E-state index is 12.3. The van der Waals surface area contributed by atoms with Gasteiger partial charge in [-0.1, -0.05) is 29.8 Å². The van der Waals surface area contributed by atoms with Crippen molar-refractivity contribution < 1.29 is 18.1 Å². The monoisotopic (exact) mass is 403 g/mol. The minimum Gasteiger partial charge on any atom is -0.300 e. The van der Waals surface area contributed by atoms with Crippen molar-refractivity contribution >= 4 is 44.6 Å². The molecule has 1 N–H and O–H groups in total. The molecule has 0 radical (unpaired) electrons. The molecule has 1 aliphatic rings. The molecule has 27 heavy (non-hydrogen) atoms. The van der Waals surface area contributed by atoms with Gasteiger partial charge in [-0.15, -0.1) is 4.40 Å². The molecule has 10 heteroatoms. The van der Waals surface area contributed by atoms with Gasteiger partial charge in [0.1, 0.15) is 0 Å². The Morgan fingerprint density at radius 1 is 1.19 bits per heavy atom. The van der Waals surface area contributed by atoms with Crippen LogP contribution in [0, 0.1) is 17.0 Å². The first-order valence-electron chi connectivity index (χ1n) is 7.61. The third-order valence-corrected chi connectivity index (χ3v) is 5.87. The van der Waals surface area contributed by atoms with Crippen LogP contribution in [0.2, 0.25) is 0 Å². The van der Waals surface area contributed by atoms with E-state index in [-0.39, 0.29) is 20.7 Å². The summed E-state index contributed by atoms with van der Waals surface area (Å²) < 4.78 is 28.4. The standard InChI is InChI=1S/C17H13N3O5S2/c1-11-5-7-14(8-6-11)27(24,25)19-17-18-16(21)15(26-17)10-12-3-2-4-13(9-12)20(22)23/h2-10H,1H3,(H,18,19,21)/b15-10+. The van der Waals surface area contributed by atoms with Gasteiger partial charge in [0.15, 0.2) is 5.17 Å². The first-order valence-corrected chi connectivity index (χ1v) is 9.87. The van der Waals surface area contributed by atoms with Gasteiger partial charge in [0.05, 0.1) is 14.7 Å². The SMILES string of the molecule is Cc1ccc(S(=O)(=O)/N=C2\NC(=O)/C(=C\c3cccc([N+](=O)[O-])c3)S2)cc1. The summed E-state index contributed by atoms with van der Waals surface area (Å²) in [6.45, 7) is 1.83. The number of hydrogen-bond acceptors (Lipinski definition) is 6. The van der Waals surface area contributed by atoms with Crippen molar-refractivity contribution in [3.8, 4) is 0 Å². The van der Waals surface area contributed by atoms with E-state index in [1.54, 1.807) is 18.2 Å². The zero-order valence-corrected chi connectivity index (χ0v) is 15.6. The Bertz CT molecular complexity index is 1090. The maximum absolute atomic E-state index is 12.3. The topological polar surface area (TPSA) is 119 Å². The molecule has 8 nitrogen and oxygen atoms in total. The molecular weight excluding hydrogens is 390 g/mol. The molecule has 0 aromatic heterocycles. The summed E-state index contributed by atoms with van der Waals surface area (Å²) in [6.07, 6.45) is 1.44. The highest BCUT2D eigenvalue weighted by molar-refractivity contribution is 8.19. The van der Waals surface area contributed by atoms with Crippen molar-refractivity contribution in [3.05, 3.63) is 74.7 Å². The highest BCUT2D eigenvalue weighted by atomic mass is 32.2. The number of amidine groups is 1. The largest absolute Gasteiger partial charge is 0.300 e. The second-order valence-corrected chi connectivity index (χ2v) is 8.24. The zero-order chi connectivity index (χ0) is 19.6. The second kappa shape index (κ2) is 7.33. The number of carbonyl (C=O) groups is 1. The van der Waals surface area contributed by atoms with E-state index >= 15 is 0 Å². The lowest BCUT2D eigenvalue weighted by atomic mass is 10.2. The maximum Gasteiger partial charge on any atom is 0.284 e. The van der Waals surface area contributed by atoms with E-state index in [2.05, 4.69) is 9.71 Å². The van der Waals surface area contributed by atoms with E-state index in [0.717, 1.165) is 17.3 Å². The Hall–Kier alpha value is -2.98. The van der Waals surface area contributed by atoms with Crippen LogP contribution in [0.4, 0.5) is 5.69 Å². The van der Waals surface area contributed by atoms with Gasteiger partial charge in [0, 0.05) is 12.1 Å². The lowest BCUT2D eigenvalue weighted by Crippen LogP contribution is -2.20. The predicted molar refractivity (Wildman–Crippen MR) is 103 cm³/mol. The molecule has 0 aliphatic carbocycles. The Labute approximate surface area is 159 Å². The Morgan fingerprint density at radius 2 is 1.89 bits per heavy atom. The highest BCUT2D eigenvalue weighted by Crippen LogP contribution is 2.28. The number of hydrogen-bond donors (Lipinski definition) is 1. The van der Waals surface area contributed by atoms with Gasteiger partial charge < -0.3 is 0 Å². The van der Waals surface area contributed by atoms with Crippen LogP contribution < -0.4 is 5.32 Å². The number of rotatable bonds is 4. The molecule has 3 rings (SSSR count). The second-order valence-electron chi connectivity index (χ2n) is 5.60. The molecule has 0 unspecified atom stereocenters. The molecular formula is C17H13N3O5S2. The summed E-state index contributed by atoms with van der Waals surface area (Å²) in [7, 11) is -3.96. The van der Waals surface area contributed by atoms with Gasteiger partial charge in [-0.2, -0.15) is 8.42 Å². The number of carbonyl (C=O) groups excluding carboxylic acids is 1. The third-order valence-electron chi connectivity index (χ3n) is 3.55. The fraction of sp³-hybridized carbons (Fsp3) is 0.0588. The van der Waals surface area contributed by atoms with Gasteiger partial charge in [0.2, 0.25) is 0 Å². The molecule has 1 fully saturated rings. The van der Waals surface area contributed by atoms with Crippen LogP contribution in [0.1, 0.15) is 11.1 Å². The van der Waals surface area contributed by atoms with Crippen molar-refractivity contribution in [1.82, 2.24) is 5.32 Å². The normalized spacial score (nSPS) is 17.3. The van der Waals surface area contributed by atoms with E-state index < -0.39 is 20.9 Å². The van der Waals surface area contributed by atoms with Gasteiger partial charge in [-0.05, 0) is 42.5 Å². The molecule has 1 aliphatic heterocycles. The molecule has 0 saturated carbocycles. The number of amides is 1. The van der Waals surface area contributed by atoms with Gasteiger partial charge >= 0.3 is 0 Å². The number of nitro benzene ring substituents is 1. The Kier molecular flexibility index (Phi) is 5.10. The van der Waals surface area contributed by atoms with Crippen molar-refractivity contribution in [2.24, 2.45) is 4.40 Å². The number of nitrogens with zero attached hydrogens (tertiary/aromatic N) is 2. The summed E-state index contributed by atoms with van der Waals surface area (Å²) in [5.74, 6) is -0.524. The van der Waals surface area contributed by atoms with Crippen molar-refractivity contribution in [2.75, 3.05) is 0 Å². The minimum atomic E-state index is -3.96. The predicted octanol–water partition coefficient (Wildman–Crippen LogP) is 2.85. The zero-order valence-electron chi connectivity index (χ0n) is 13.9. The third kappa shape index (κ3) is 4.41. The van der Waals surface area contributed by atoms with Crippen molar-refractivity contribution in [1.29, 1.82) is 0 Å². The molecule has 2 aromatic carbocycles. The summed E-state index contributed by atoms with van der Waals surface area (Å²) in [5.41, 5.74) is 1.25. The van der Waals surface area contributed by atoms with E-state index in [4.69, 9.17) is 0 Å². The Balaban J connectivity index is 1.86. The summed E-state index contributed by atoms with van der Waals surface area (Å²) in [5, 5.41) is 13.2. The van der Waals surface area contributed by atoms with Gasteiger partial charge in [-0.3, -0.25) is 20.2 Å². The number of benzene rings is 2. The van der Waals surface area contributed by atoms with Crippen LogP contribution in [-0.2, 0) is 14.8 Å². The first kappa shape index (κ1) is 18.8. The van der Waals surface area contributed by atoms with Crippen LogP contribution in [-0.4, -0.2) is 24.4 Å². The fourth-order valence-electron chi connectivity index (χ4n) is 2.22. The molecule has 1 heterocycles. The average Bonchev–Trinajstić information content (AvgIpc) is 2.93. The minimum absolute atomic E-state index is 0.0200. The molecule has 1 saturated heterocycles. The number of non-ortho nitro benzene ring substituents is 1. The smallest absolute Gasteiger partial charge is 0.284 e. The number of aryl methyl sites for hydroxylation is 1. The van der Waals surface area contributed by atoms with E-state index in [9.17, 15) is 23.3 Å². The average molecular weight is 403 g/mol. The summed E-state index contributed by atoms with van der Waals surface area (Å²) >= 11 is 0.854. The quantitative estimate of drug-likeness (QED) is 0.476. The molecule has 0 atom stereocenters. The first-order chi connectivity index (χ1) is 12.7. The molecule has 2 aromatic rings. The van der Waals surface area contributed by atoms with Crippen LogP contribution >= 0.6 is 11.8 Å². The van der Waals surface area contributed by atoms with Crippen LogP contribution in [0.5, 0.6) is 0 Å². The lowest BCUT2D eigenvalue weighted by Gasteiger charge is -2.00. The fourth-order valence-corrected chi connectivity index (χ4v) is 4.21. The van der Waals surface area contributed by atoms with Crippen molar-refractivity contribution in [2.45, 2.75) is 11.8 Å². The highest BCUT2D eigenvalue weighted by Gasteiger charge is 2.26. The molecule has 138 valence electrons. The van der Waals surface area contributed by atoms with Crippen LogP contribution in [0.15, 0.2) is 62.7 Å².